The number of carbonyl (C=O) groups is 1. The molecule has 1 amide bonds. The summed E-state index contributed by atoms with van der Waals surface area (Å²) in [7, 11) is -4.44. The lowest BCUT2D eigenvalue weighted by Gasteiger charge is -2.13. The first-order chi connectivity index (χ1) is 14.7. The van der Waals surface area contributed by atoms with E-state index in [1.807, 2.05) is 0 Å². The first kappa shape index (κ1) is 24.6. The van der Waals surface area contributed by atoms with Gasteiger partial charge < -0.3 is 0 Å². The molecule has 170 valence electrons. The molecule has 0 fully saturated rings. The summed E-state index contributed by atoms with van der Waals surface area (Å²) in [5.41, 5.74) is -1.75. The number of rotatable bonds is 4. The minimum absolute atomic E-state index is 0.0431. The van der Waals surface area contributed by atoms with E-state index in [4.69, 9.17) is 46.4 Å². The molecule has 0 saturated heterocycles. The highest BCUT2D eigenvalue weighted by atomic mass is 35.5. The fourth-order valence-electron chi connectivity index (χ4n) is 2.59. The van der Waals surface area contributed by atoms with Crippen molar-refractivity contribution in [3.8, 4) is 5.69 Å². The number of nitrogens with zero attached hydrogens (tertiary/aromatic N) is 3. The molecule has 0 unspecified atom stereocenters. The Kier molecular flexibility index (Phi) is 6.69. The smallest absolute Gasteiger partial charge is 0.266 e. The van der Waals surface area contributed by atoms with Gasteiger partial charge in [0.1, 0.15) is 10.6 Å². The molecule has 0 aliphatic rings. The van der Waals surface area contributed by atoms with Crippen LogP contribution in [-0.4, -0.2) is 29.3 Å². The number of sulfonamides is 1. The average Bonchev–Trinajstić information content (AvgIpc) is 3.03. The Hall–Kier alpha value is -2.05. The second-order valence-electron chi connectivity index (χ2n) is 6.23. The topological polar surface area (TPSA) is 93.9 Å². The third kappa shape index (κ3) is 4.81. The lowest BCUT2D eigenvalue weighted by molar-refractivity contribution is -0.137. The first-order valence-electron chi connectivity index (χ1n) is 8.23. The van der Waals surface area contributed by atoms with Gasteiger partial charge in [-0.3, -0.25) is 4.79 Å². The molecule has 0 bridgehead atoms. The van der Waals surface area contributed by atoms with Crippen molar-refractivity contribution in [2.45, 2.75) is 18.0 Å². The van der Waals surface area contributed by atoms with Gasteiger partial charge in [-0.15, -0.1) is 5.10 Å². The Morgan fingerprint density at radius 2 is 1.62 bits per heavy atom. The fourth-order valence-corrected chi connectivity index (χ4v) is 4.96. The highest BCUT2D eigenvalue weighted by molar-refractivity contribution is 7.90. The quantitative estimate of drug-likeness (QED) is 0.476. The Bertz CT molecular complexity index is 1320. The van der Waals surface area contributed by atoms with E-state index in [1.165, 1.54) is 19.1 Å². The van der Waals surface area contributed by atoms with Gasteiger partial charge in [0.25, 0.3) is 15.9 Å². The zero-order valence-electron chi connectivity index (χ0n) is 15.5. The maximum Gasteiger partial charge on any atom is 0.416 e. The van der Waals surface area contributed by atoms with Gasteiger partial charge in [0.15, 0.2) is 5.69 Å². The van der Waals surface area contributed by atoms with Gasteiger partial charge in [-0.1, -0.05) is 51.6 Å². The van der Waals surface area contributed by atoms with Crippen LogP contribution in [0.4, 0.5) is 13.2 Å². The van der Waals surface area contributed by atoms with Crippen LogP contribution in [0.3, 0.4) is 0 Å². The SMILES string of the molecule is Cc1c(C(=O)NS(=O)(=O)c2cc(Cl)ccc2Cl)nnn1-c1c(Cl)cc(C(F)(F)F)cc1Cl. The molecule has 0 radical (unpaired) electrons. The van der Waals surface area contributed by atoms with Crippen LogP contribution in [-0.2, 0) is 16.2 Å². The molecule has 0 saturated carbocycles. The van der Waals surface area contributed by atoms with Crippen LogP contribution in [0.2, 0.25) is 20.1 Å². The van der Waals surface area contributed by atoms with Crippen molar-refractivity contribution in [3.63, 3.8) is 0 Å². The molecule has 32 heavy (non-hydrogen) atoms. The van der Waals surface area contributed by atoms with Crippen LogP contribution in [0, 0.1) is 6.92 Å². The number of hydrogen-bond donors (Lipinski definition) is 1. The van der Waals surface area contributed by atoms with E-state index in [9.17, 15) is 26.4 Å². The molecular weight excluding hydrogens is 539 g/mol. The van der Waals surface area contributed by atoms with Gasteiger partial charge >= 0.3 is 6.18 Å². The summed E-state index contributed by atoms with van der Waals surface area (Å²) in [6, 6.07) is 4.91. The Morgan fingerprint density at radius 3 is 2.19 bits per heavy atom. The summed E-state index contributed by atoms with van der Waals surface area (Å²) < 4.78 is 66.6. The molecule has 0 atom stereocenters. The number of nitrogens with one attached hydrogen (secondary N) is 1. The van der Waals surface area contributed by atoms with Gasteiger partial charge in [-0.25, -0.2) is 17.8 Å². The molecule has 0 spiro atoms. The second kappa shape index (κ2) is 8.71. The predicted octanol–water partition coefficient (Wildman–Crippen LogP) is 5.33. The minimum Gasteiger partial charge on any atom is -0.266 e. The highest BCUT2D eigenvalue weighted by Gasteiger charge is 2.33. The fraction of sp³-hybridized carbons (Fsp3) is 0.118. The third-order valence-electron chi connectivity index (χ3n) is 4.08. The summed E-state index contributed by atoms with van der Waals surface area (Å²) in [5.74, 6) is -1.18. The van der Waals surface area contributed by atoms with Crippen LogP contribution in [0.1, 0.15) is 21.7 Å². The Labute approximate surface area is 199 Å². The average molecular weight is 548 g/mol. The van der Waals surface area contributed by atoms with Crippen molar-refractivity contribution in [2.75, 3.05) is 0 Å². The van der Waals surface area contributed by atoms with Crippen LogP contribution >= 0.6 is 46.4 Å². The number of carbonyl (C=O) groups excluding carboxylic acids is 1. The van der Waals surface area contributed by atoms with Crippen LogP contribution < -0.4 is 4.72 Å². The zero-order valence-corrected chi connectivity index (χ0v) is 19.3. The molecule has 3 aromatic rings. The largest absolute Gasteiger partial charge is 0.416 e. The number of amides is 1. The van der Waals surface area contributed by atoms with Crippen molar-refractivity contribution >= 4 is 62.3 Å². The van der Waals surface area contributed by atoms with Crippen LogP contribution in [0.15, 0.2) is 35.2 Å². The van der Waals surface area contributed by atoms with Crippen LogP contribution in [0.25, 0.3) is 5.69 Å². The van der Waals surface area contributed by atoms with Crippen molar-refractivity contribution < 1.29 is 26.4 Å². The van der Waals surface area contributed by atoms with Gasteiger partial charge in [0.05, 0.1) is 26.3 Å². The van der Waals surface area contributed by atoms with E-state index in [0.29, 0.717) is 12.1 Å². The van der Waals surface area contributed by atoms with E-state index in [-0.39, 0.29) is 21.4 Å². The normalized spacial score (nSPS) is 12.1. The van der Waals surface area contributed by atoms with E-state index in [2.05, 4.69) is 10.3 Å². The van der Waals surface area contributed by atoms with E-state index in [0.717, 1.165) is 10.7 Å². The van der Waals surface area contributed by atoms with E-state index in [1.54, 1.807) is 4.72 Å². The van der Waals surface area contributed by atoms with Crippen molar-refractivity contribution in [2.24, 2.45) is 0 Å². The zero-order chi connectivity index (χ0) is 24.0. The number of aromatic nitrogens is 3. The number of alkyl halides is 3. The minimum atomic E-state index is -4.69. The Balaban J connectivity index is 1.98. The maximum atomic E-state index is 12.9. The van der Waals surface area contributed by atoms with Crippen molar-refractivity contribution in [1.29, 1.82) is 0 Å². The summed E-state index contributed by atoms with van der Waals surface area (Å²) in [6.45, 7) is 1.32. The predicted molar refractivity (Wildman–Crippen MR) is 112 cm³/mol. The number of hydrogen-bond acceptors (Lipinski definition) is 5. The summed E-state index contributed by atoms with van der Waals surface area (Å²) >= 11 is 23.6. The molecule has 0 aliphatic carbocycles. The molecule has 1 N–H and O–H groups in total. The number of halogens is 7. The lowest BCUT2D eigenvalue weighted by atomic mass is 10.2. The third-order valence-corrected chi connectivity index (χ3v) is 6.70. The summed E-state index contributed by atoms with van der Waals surface area (Å²) in [5, 5.41) is 6.33. The first-order valence-corrected chi connectivity index (χ1v) is 11.2. The summed E-state index contributed by atoms with van der Waals surface area (Å²) in [6.07, 6.45) is -4.69. The second-order valence-corrected chi connectivity index (χ2v) is 9.54. The molecule has 2 aromatic carbocycles. The molecule has 3 rings (SSSR count). The van der Waals surface area contributed by atoms with Gasteiger partial charge in [0, 0.05) is 5.02 Å². The molecule has 15 heteroatoms. The van der Waals surface area contributed by atoms with Gasteiger partial charge in [0.2, 0.25) is 0 Å². The van der Waals surface area contributed by atoms with Gasteiger partial charge in [-0.05, 0) is 37.3 Å². The molecular formula is C17H9Cl4F3N4O3S. The van der Waals surface area contributed by atoms with Gasteiger partial charge in [-0.2, -0.15) is 13.2 Å². The summed E-state index contributed by atoms with van der Waals surface area (Å²) in [4.78, 5) is 12.1. The van der Waals surface area contributed by atoms with E-state index >= 15 is 0 Å². The molecule has 0 aliphatic heterocycles. The standard InChI is InChI=1S/C17H9Cl4F3N4O3S/c1-7-14(16(29)26-32(30,31)13-6-9(18)2-3-10(13)19)25-27-28(7)15-11(20)4-8(5-12(15)21)17(22,23)24/h2-6H,1H3,(H,26,29). The molecule has 1 heterocycles. The van der Waals surface area contributed by atoms with E-state index < -0.39 is 48.3 Å². The van der Waals surface area contributed by atoms with Crippen LogP contribution in [0.5, 0.6) is 0 Å². The lowest BCUT2D eigenvalue weighted by Crippen LogP contribution is -2.31. The Morgan fingerprint density at radius 1 is 1.03 bits per heavy atom. The van der Waals surface area contributed by atoms with Crippen molar-refractivity contribution in [3.05, 3.63) is 67.4 Å². The van der Waals surface area contributed by atoms with Crippen molar-refractivity contribution in [1.82, 2.24) is 19.7 Å². The molecule has 7 nitrogen and oxygen atoms in total. The highest BCUT2D eigenvalue weighted by Crippen LogP contribution is 2.37. The molecule has 1 aromatic heterocycles. The monoisotopic (exact) mass is 546 g/mol. The number of benzene rings is 2. The maximum absolute atomic E-state index is 12.9.